The van der Waals surface area contributed by atoms with E-state index in [2.05, 4.69) is 17.5 Å². The number of thiol groups is 1. The van der Waals surface area contributed by atoms with Gasteiger partial charge in [0.05, 0.1) is 0 Å². The molecule has 0 N–H and O–H groups in total. The van der Waals surface area contributed by atoms with Crippen molar-refractivity contribution in [2.45, 2.75) is 51.4 Å². The number of carbonyl (C=O) groups is 1. The van der Waals surface area contributed by atoms with Gasteiger partial charge in [-0.2, -0.15) is 12.6 Å². The van der Waals surface area contributed by atoms with Crippen molar-refractivity contribution in [2.24, 2.45) is 5.41 Å². The third-order valence-electron chi connectivity index (χ3n) is 4.20. The van der Waals surface area contributed by atoms with E-state index in [-0.39, 0.29) is 0 Å². The van der Waals surface area contributed by atoms with Crippen LogP contribution in [0.25, 0.3) is 0 Å². The zero-order chi connectivity index (χ0) is 11.4. The number of hydrogen-bond donors (Lipinski definition) is 1. The first-order valence-corrected chi connectivity index (χ1v) is 7.28. The highest BCUT2D eigenvalue weighted by atomic mass is 32.1. The van der Waals surface area contributed by atoms with Gasteiger partial charge in [-0.25, -0.2) is 0 Å². The summed E-state index contributed by atoms with van der Waals surface area (Å²) in [6.07, 6.45) is 9.42. The van der Waals surface area contributed by atoms with E-state index in [1.54, 1.807) is 0 Å². The Kier molecular flexibility index (Phi) is 4.17. The van der Waals surface area contributed by atoms with Gasteiger partial charge in [-0.15, -0.1) is 0 Å². The molecule has 2 nitrogen and oxygen atoms in total. The predicted octanol–water partition coefficient (Wildman–Crippen LogP) is 2.88. The third-order valence-corrected chi connectivity index (χ3v) is 4.87. The second-order valence-electron chi connectivity index (χ2n) is 5.49. The first-order valence-electron chi connectivity index (χ1n) is 6.64. The molecule has 1 saturated carbocycles. The molecule has 1 aliphatic heterocycles. The first kappa shape index (κ1) is 12.3. The molecule has 0 spiro atoms. The van der Waals surface area contributed by atoms with E-state index in [9.17, 15) is 4.79 Å². The molecule has 0 aromatic carbocycles. The number of hydrogen-bond acceptors (Lipinski definition) is 2. The van der Waals surface area contributed by atoms with Crippen LogP contribution >= 0.6 is 12.6 Å². The van der Waals surface area contributed by atoms with Gasteiger partial charge in [0.2, 0.25) is 5.91 Å². The Hall–Kier alpha value is -0.180. The Bertz CT molecular complexity index is 245. The Morgan fingerprint density at radius 3 is 2.50 bits per heavy atom. The Morgan fingerprint density at radius 2 is 1.88 bits per heavy atom. The molecular formula is C13H23NOS. The van der Waals surface area contributed by atoms with Crippen LogP contribution in [-0.2, 0) is 4.79 Å². The van der Waals surface area contributed by atoms with E-state index in [4.69, 9.17) is 0 Å². The molecule has 0 bridgehead atoms. The maximum atomic E-state index is 12.0. The number of carbonyl (C=O) groups excluding carboxylic acids is 1. The third kappa shape index (κ3) is 2.73. The van der Waals surface area contributed by atoms with Crippen LogP contribution in [0.15, 0.2) is 0 Å². The zero-order valence-corrected chi connectivity index (χ0v) is 11.0. The summed E-state index contributed by atoms with van der Waals surface area (Å²) < 4.78 is 0. The van der Waals surface area contributed by atoms with Gasteiger partial charge in [-0.3, -0.25) is 4.79 Å². The second kappa shape index (κ2) is 5.44. The minimum absolute atomic E-state index is 0.359. The van der Waals surface area contributed by atoms with Crippen LogP contribution in [0.3, 0.4) is 0 Å². The lowest BCUT2D eigenvalue weighted by Crippen LogP contribution is -2.46. The van der Waals surface area contributed by atoms with Gasteiger partial charge in [0.25, 0.3) is 0 Å². The van der Waals surface area contributed by atoms with Gasteiger partial charge in [-0.1, -0.05) is 19.3 Å². The van der Waals surface area contributed by atoms with Crippen molar-refractivity contribution in [1.82, 2.24) is 4.90 Å². The highest BCUT2D eigenvalue weighted by molar-refractivity contribution is 7.80. The van der Waals surface area contributed by atoms with Crippen molar-refractivity contribution >= 4 is 18.5 Å². The molecule has 1 heterocycles. The highest BCUT2D eigenvalue weighted by Gasteiger charge is 2.38. The SMILES string of the molecule is O=C1CCCCCCN1CC1(CS)CCC1. The Morgan fingerprint density at radius 1 is 1.12 bits per heavy atom. The van der Waals surface area contributed by atoms with Crippen molar-refractivity contribution in [3.8, 4) is 0 Å². The Labute approximate surface area is 104 Å². The van der Waals surface area contributed by atoms with Gasteiger partial charge in [-0.05, 0) is 36.9 Å². The monoisotopic (exact) mass is 241 g/mol. The van der Waals surface area contributed by atoms with Gasteiger partial charge in [0.15, 0.2) is 0 Å². The van der Waals surface area contributed by atoms with Crippen LogP contribution in [0.5, 0.6) is 0 Å². The number of rotatable bonds is 3. The number of amides is 1. The zero-order valence-electron chi connectivity index (χ0n) is 10.1. The molecule has 0 aromatic heterocycles. The molecule has 0 unspecified atom stereocenters. The molecule has 2 rings (SSSR count). The van der Waals surface area contributed by atoms with Crippen LogP contribution in [0.1, 0.15) is 51.4 Å². The summed E-state index contributed by atoms with van der Waals surface area (Å²) >= 11 is 4.47. The van der Waals surface area contributed by atoms with E-state index in [0.29, 0.717) is 11.3 Å². The van der Waals surface area contributed by atoms with Gasteiger partial charge >= 0.3 is 0 Å². The smallest absolute Gasteiger partial charge is 0.222 e. The minimum atomic E-state index is 0.359. The summed E-state index contributed by atoms with van der Waals surface area (Å²) in [4.78, 5) is 14.1. The Balaban J connectivity index is 1.92. The summed E-state index contributed by atoms with van der Waals surface area (Å²) in [6.45, 7) is 1.95. The van der Waals surface area contributed by atoms with Crippen LogP contribution in [0, 0.1) is 5.41 Å². The van der Waals surface area contributed by atoms with Crippen LogP contribution in [0.4, 0.5) is 0 Å². The van der Waals surface area contributed by atoms with Crippen molar-refractivity contribution < 1.29 is 4.79 Å². The van der Waals surface area contributed by atoms with E-state index in [0.717, 1.165) is 31.7 Å². The fraction of sp³-hybridized carbons (Fsp3) is 0.923. The molecule has 0 aromatic rings. The van der Waals surface area contributed by atoms with Crippen LogP contribution < -0.4 is 0 Å². The standard InChI is InChI=1S/C13H23NOS/c15-12-6-3-1-2-4-9-14(12)10-13(11-16)7-5-8-13/h16H,1-11H2. The lowest BCUT2D eigenvalue weighted by atomic mass is 9.70. The molecule has 1 saturated heterocycles. The lowest BCUT2D eigenvalue weighted by molar-refractivity contribution is -0.134. The molecule has 92 valence electrons. The normalized spacial score (nSPS) is 25.8. The van der Waals surface area contributed by atoms with Gasteiger partial charge in [0.1, 0.15) is 0 Å². The summed E-state index contributed by atoms with van der Waals surface area (Å²) in [6, 6.07) is 0. The summed E-state index contributed by atoms with van der Waals surface area (Å²) in [5.74, 6) is 1.32. The summed E-state index contributed by atoms with van der Waals surface area (Å²) in [7, 11) is 0. The molecular weight excluding hydrogens is 218 g/mol. The van der Waals surface area contributed by atoms with Crippen molar-refractivity contribution in [2.75, 3.05) is 18.8 Å². The highest BCUT2D eigenvalue weighted by Crippen LogP contribution is 2.42. The molecule has 2 fully saturated rings. The molecule has 1 amide bonds. The number of likely N-dealkylation sites (tertiary alicyclic amines) is 1. The molecule has 0 atom stereocenters. The molecule has 2 aliphatic rings. The van der Waals surface area contributed by atoms with E-state index >= 15 is 0 Å². The maximum Gasteiger partial charge on any atom is 0.222 e. The van der Waals surface area contributed by atoms with Crippen molar-refractivity contribution in [3.63, 3.8) is 0 Å². The largest absolute Gasteiger partial charge is 0.342 e. The molecule has 1 aliphatic carbocycles. The summed E-state index contributed by atoms with van der Waals surface area (Å²) in [5.41, 5.74) is 0.359. The topological polar surface area (TPSA) is 20.3 Å². The van der Waals surface area contributed by atoms with E-state index < -0.39 is 0 Å². The molecule has 0 radical (unpaired) electrons. The molecule has 16 heavy (non-hydrogen) atoms. The van der Waals surface area contributed by atoms with Crippen LogP contribution in [-0.4, -0.2) is 29.6 Å². The fourth-order valence-electron chi connectivity index (χ4n) is 2.83. The first-order chi connectivity index (χ1) is 7.76. The molecule has 3 heteroatoms. The minimum Gasteiger partial charge on any atom is -0.342 e. The number of nitrogens with zero attached hydrogens (tertiary/aromatic N) is 1. The second-order valence-corrected chi connectivity index (χ2v) is 5.81. The quantitative estimate of drug-likeness (QED) is 0.753. The van der Waals surface area contributed by atoms with E-state index in [1.165, 1.54) is 38.5 Å². The van der Waals surface area contributed by atoms with Crippen molar-refractivity contribution in [1.29, 1.82) is 0 Å². The average molecular weight is 241 g/mol. The van der Waals surface area contributed by atoms with E-state index in [1.807, 2.05) is 0 Å². The van der Waals surface area contributed by atoms with Gasteiger partial charge in [0, 0.05) is 19.5 Å². The van der Waals surface area contributed by atoms with Gasteiger partial charge < -0.3 is 4.90 Å². The summed E-state index contributed by atoms with van der Waals surface area (Å²) in [5, 5.41) is 0. The van der Waals surface area contributed by atoms with Crippen LogP contribution in [0.2, 0.25) is 0 Å². The van der Waals surface area contributed by atoms with Crippen molar-refractivity contribution in [3.05, 3.63) is 0 Å². The predicted molar refractivity (Wildman–Crippen MR) is 69.8 cm³/mol. The average Bonchev–Trinajstić information content (AvgIpc) is 2.21. The fourth-order valence-corrected chi connectivity index (χ4v) is 3.25. The maximum absolute atomic E-state index is 12.0. The lowest BCUT2D eigenvalue weighted by Gasteiger charge is -2.44.